The Labute approximate surface area is 244 Å². The van der Waals surface area contributed by atoms with E-state index in [0.29, 0.717) is 17.6 Å². The van der Waals surface area contributed by atoms with E-state index in [-0.39, 0.29) is 18.9 Å². The van der Waals surface area contributed by atoms with Crippen LogP contribution in [0, 0.1) is 0 Å². The van der Waals surface area contributed by atoms with Crippen LogP contribution in [-0.2, 0) is 32.6 Å². The maximum absolute atomic E-state index is 14.2. The van der Waals surface area contributed by atoms with E-state index in [4.69, 9.17) is 0 Å². The van der Waals surface area contributed by atoms with Crippen molar-refractivity contribution < 1.29 is 18.0 Å². The summed E-state index contributed by atoms with van der Waals surface area (Å²) in [6.45, 7) is 1.90. The molecule has 0 spiro atoms. The Morgan fingerprint density at radius 2 is 1.50 bits per heavy atom. The summed E-state index contributed by atoms with van der Waals surface area (Å²) >= 11 is 3.44. The molecule has 2 amide bonds. The van der Waals surface area contributed by atoms with E-state index in [2.05, 4.69) is 21.2 Å². The van der Waals surface area contributed by atoms with E-state index in [1.54, 1.807) is 12.1 Å². The number of anilines is 1. The van der Waals surface area contributed by atoms with Crippen molar-refractivity contribution in [1.82, 2.24) is 10.2 Å². The third-order valence-corrected chi connectivity index (χ3v) is 8.26. The highest BCUT2D eigenvalue weighted by molar-refractivity contribution is 9.10. The van der Waals surface area contributed by atoms with Crippen molar-refractivity contribution in [3.8, 4) is 0 Å². The van der Waals surface area contributed by atoms with E-state index in [9.17, 15) is 18.0 Å². The minimum absolute atomic E-state index is 0.133. The minimum atomic E-state index is -3.85. The van der Waals surface area contributed by atoms with Gasteiger partial charge in [-0.3, -0.25) is 13.9 Å². The SMILES string of the molecule is CCNC(=O)[C@H](Cc1ccccc1)N(Cc1ccc(Br)cc1)C(=O)CN(c1cccc2ccccc12)S(C)(=O)=O. The van der Waals surface area contributed by atoms with Crippen molar-refractivity contribution >= 4 is 54.2 Å². The number of hydrogen-bond acceptors (Lipinski definition) is 4. The van der Waals surface area contributed by atoms with Crippen LogP contribution in [0.15, 0.2) is 102 Å². The molecular weight excluding hydrogens is 590 g/mol. The molecule has 0 heterocycles. The van der Waals surface area contributed by atoms with Crippen molar-refractivity contribution in [2.75, 3.05) is 23.7 Å². The van der Waals surface area contributed by atoms with Crippen LogP contribution in [0.25, 0.3) is 10.8 Å². The van der Waals surface area contributed by atoms with Gasteiger partial charge in [-0.15, -0.1) is 0 Å². The Morgan fingerprint density at radius 3 is 2.17 bits per heavy atom. The van der Waals surface area contributed by atoms with Crippen LogP contribution in [0.2, 0.25) is 0 Å². The minimum Gasteiger partial charge on any atom is -0.355 e. The molecule has 0 saturated heterocycles. The zero-order valence-corrected chi connectivity index (χ0v) is 24.9. The molecule has 40 heavy (non-hydrogen) atoms. The van der Waals surface area contributed by atoms with Gasteiger partial charge in [0.1, 0.15) is 12.6 Å². The van der Waals surface area contributed by atoms with Crippen LogP contribution in [-0.4, -0.2) is 50.5 Å². The zero-order valence-electron chi connectivity index (χ0n) is 22.5. The molecule has 1 N–H and O–H groups in total. The second kappa shape index (κ2) is 13.1. The smallest absolute Gasteiger partial charge is 0.244 e. The number of nitrogens with one attached hydrogen (secondary N) is 1. The van der Waals surface area contributed by atoms with Crippen LogP contribution in [0.3, 0.4) is 0 Å². The van der Waals surface area contributed by atoms with E-state index >= 15 is 0 Å². The fourth-order valence-electron chi connectivity index (χ4n) is 4.65. The molecule has 0 aliphatic heterocycles. The Kier molecular flexibility index (Phi) is 9.60. The van der Waals surface area contributed by atoms with Crippen LogP contribution < -0.4 is 9.62 Å². The van der Waals surface area contributed by atoms with E-state index in [0.717, 1.165) is 31.5 Å². The summed E-state index contributed by atoms with van der Waals surface area (Å²) in [5.74, 6) is -0.777. The number of halogens is 1. The highest BCUT2D eigenvalue weighted by Gasteiger charge is 2.33. The number of nitrogens with zero attached hydrogens (tertiary/aromatic N) is 2. The lowest BCUT2D eigenvalue weighted by Crippen LogP contribution is -2.53. The number of sulfonamides is 1. The number of fused-ring (bicyclic) bond motifs is 1. The number of rotatable bonds is 11. The van der Waals surface area contributed by atoms with Gasteiger partial charge in [0.25, 0.3) is 0 Å². The predicted octanol–water partition coefficient (Wildman–Crippen LogP) is 5.14. The molecule has 0 aromatic heterocycles. The summed E-state index contributed by atoms with van der Waals surface area (Å²) in [6, 6.07) is 28.9. The summed E-state index contributed by atoms with van der Waals surface area (Å²) in [7, 11) is -3.85. The predicted molar refractivity (Wildman–Crippen MR) is 163 cm³/mol. The Hall–Kier alpha value is -3.69. The number of hydrogen-bond donors (Lipinski definition) is 1. The standard InChI is InChI=1S/C31H32BrN3O4S/c1-3-33-31(37)29(20-23-10-5-4-6-11-23)34(21-24-16-18-26(32)19-17-24)30(36)22-35(40(2,38)39)28-15-9-13-25-12-7-8-14-27(25)28/h4-19,29H,3,20-22H2,1-2H3,(H,33,37)/t29-/m0/s1. The third-order valence-electron chi connectivity index (χ3n) is 6.60. The summed E-state index contributed by atoms with van der Waals surface area (Å²) in [4.78, 5) is 29.1. The maximum atomic E-state index is 14.2. The van der Waals surface area contributed by atoms with E-state index in [1.165, 1.54) is 4.90 Å². The molecule has 0 bridgehead atoms. The van der Waals surface area contributed by atoms with Crippen molar-refractivity contribution in [2.24, 2.45) is 0 Å². The fraction of sp³-hybridized carbons (Fsp3) is 0.226. The summed E-state index contributed by atoms with van der Waals surface area (Å²) in [6.07, 6.45) is 1.37. The number of amides is 2. The van der Waals surface area contributed by atoms with Gasteiger partial charge in [0, 0.05) is 29.4 Å². The second-order valence-electron chi connectivity index (χ2n) is 9.52. The van der Waals surface area contributed by atoms with Crippen molar-refractivity contribution in [3.05, 3.63) is 113 Å². The normalized spacial score (nSPS) is 12.1. The van der Waals surface area contributed by atoms with Crippen LogP contribution in [0.1, 0.15) is 18.1 Å². The number of carbonyl (C=O) groups is 2. The zero-order chi connectivity index (χ0) is 28.7. The summed E-state index contributed by atoms with van der Waals surface area (Å²) in [5, 5.41) is 4.44. The molecule has 0 unspecified atom stereocenters. The average Bonchev–Trinajstić information content (AvgIpc) is 2.94. The third kappa shape index (κ3) is 7.28. The number of carbonyl (C=O) groups excluding carboxylic acids is 2. The molecule has 0 radical (unpaired) electrons. The lowest BCUT2D eigenvalue weighted by atomic mass is 10.0. The highest BCUT2D eigenvalue weighted by Crippen LogP contribution is 2.29. The monoisotopic (exact) mass is 621 g/mol. The maximum Gasteiger partial charge on any atom is 0.244 e. The van der Waals surface area contributed by atoms with Crippen LogP contribution in [0.5, 0.6) is 0 Å². The van der Waals surface area contributed by atoms with Gasteiger partial charge >= 0.3 is 0 Å². The topological polar surface area (TPSA) is 86.8 Å². The average molecular weight is 623 g/mol. The molecule has 7 nitrogen and oxygen atoms in total. The van der Waals surface area contributed by atoms with Gasteiger partial charge in [0.05, 0.1) is 11.9 Å². The summed E-state index contributed by atoms with van der Waals surface area (Å²) < 4.78 is 28.2. The largest absolute Gasteiger partial charge is 0.355 e. The van der Waals surface area contributed by atoms with Gasteiger partial charge in [0.15, 0.2) is 0 Å². The second-order valence-corrected chi connectivity index (χ2v) is 12.3. The van der Waals surface area contributed by atoms with E-state index < -0.39 is 28.5 Å². The van der Waals surface area contributed by atoms with E-state index in [1.807, 2.05) is 91.9 Å². The Balaban J connectivity index is 1.77. The molecule has 208 valence electrons. The molecule has 4 rings (SSSR count). The first-order chi connectivity index (χ1) is 19.2. The molecule has 0 aliphatic carbocycles. The van der Waals surface area contributed by atoms with Crippen molar-refractivity contribution in [1.29, 1.82) is 0 Å². The Bertz CT molecular complexity index is 1570. The van der Waals surface area contributed by atoms with Gasteiger partial charge in [-0.25, -0.2) is 8.42 Å². The first-order valence-electron chi connectivity index (χ1n) is 13.0. The van der Waals surface area contributed by atoms with Crippen LogP contribution >= 0.6 is 15.9 Å². The molecule has 0 fully saturated rings. The molecule has 9 heteroatoms. The van der Waals surface area contributed by atoms with Gasteiger partial charge in [-0.1, -0.05) is 94.8 Å². The molecule has 1 atom stereocenters. The van der Waals surface area contributed by atoms with Crippen molar-refractivity contribution in [2.45, 2.75) is 25.9 Å². The molecular formula is C31H32BrN3O4S. The molecule has 0 saturated carbocycles. The first kappa shape index (κ1) is 29.3. The number of likely N-dealkylation sites (N-methyl/N-ethyl adjacent to an activating group) is 1. The lowest BCUT2D eigenvalue weighted by Gasteiger charge is -2.33. The fourth-order valence-corrected chi connectivity index (χ4v) is 5.78. The highest BCUT2D eigenvalue weighted by atomic mass is 79.9. The number of benzene rings is 4. The molecule has 4 aromatic carbocycles. The first-order valence-corrected chi connectivity index (χ1v) is 15.6. The van der Waals surface area contributed by atoms with Gasteiger partial charge in [-0.05, 0) is 41.6 Å². The Morgan fingerprint density at radius 1 is 0.850 bits per heavy atom. The van der Waals surface area contributed by atoms with Gasteiger partial charge < -0.3 is 10.2 Å². The van der Waals surface area contributed by atoms with Gasteiger partial charge in [0.2, 0.25) is 21.8 Å². The van der Waals surface area contributed by atoms with Gasteiger partial charge in [-0.2, -0.15) is 0 Å². The van der Waals surface area contributed by atoms with Crippen LogP contribution in [0.4, 0.5) is 5.69 Å². The molecule has 0 aliphatic rings. The lowest BCUT2D eigenvalue weighted by molar-refractivity contribution is -0.140. The van der Waals surface area contributed by atoms with Crippen molar-refractivity contribution in [3.63, 3.8) is 0 Å². The summed E-state index contributed by atoms with van der Waals surface area (Å²) in [5.41, 5.74) is 2.12. The quantitative estimate of drug-likeness (QED) is 0.251. The molecule has 4 aromatic rings.